The monoisotopic (exact) mass is 182 g/mol. The molecule has 0 aromatic carbocycles. The molecule has 1 aromatic heterocycles. The Hall–Kier alpha value is -1.25. The molecule has 0 bridgehead atoms. The average Bonchev–Trinajstić information content (AvgIpc) is 2.30. The number of rotatable bonds is 3. The Balaban J connectivity index is 2.74. The van der Waals surface area contributed by atoms with Crippen LogP contribution in [0, 0.1) is 19.8 Å². The van der Waals surface area contributed by atoms with E-state index in [0.29, 0.717) is 6.42 Å². The highest BCUT2D eigenvalue weighted by atomic mass is 16.4. The molecule has 1 unspecified atom stereocenters. The molecule has 1 heterocycles. The van der Waals surface area contributed by atoms with Crippen LogP contribution in [0.2, 0.25) is 0 Å². The first-order chi connectivity index (χ1) is 6.00. The number of hydrogen-bond donors (Lipinski definition) is 1. The van der Waals surface area contributed by atoms with Gasteiger partial charge < -0.3 is 9.52 Å². The van der Waals surface area contributed by atoms with Gasteiger partial charge in [0.15, 0.2) is 0 Å². The highest BCUT2D eigenvalue weighted by Crippen LogP contribution is 2.17. The predicted molar refractivity (Wildman–Crippen MR) is 48.7 cm³/mol. The van der Waals surface area contributed by atoms with Crippen molar-refractivity contribution < 1.29 is 14.3 Å². The maximum Gasteiger partial charge on any atom is 0.306 e. The molecule has 0 amide bonds. The second kappa shape index (κ2) is 3.64. The van der Waals surface area contributed by atoms with E-state index in [1.165, 1.54) is 0 Å². The van der Waals surface area contributed by atoms with Crippen molar-refractivity contribution in [2.45, 2.75) is 27.2 Å². The van der Waals surface area contributed by atoms with Crippen molar-refractivity contribution in [3.8, 4) is 0 Å². The van der Waals surface area contributed by atoms with E-state index in [1.54, 1.807) is 6.92 Å². The summed E-state index contributed by atoms with van der Waals surface area (Å²) in [4.78, 5) is 10.6. The Morgan fingerprint density at radius 1 is 1.62 bits per heavy atom. The van der Waals surface area contributed by atoms with Gasteiger partial charge in [0.2, 0.25) is 0 Å². The fourth-order valence-electron chi connectivity index (χ4n) is 1.30. The molecular formula is C10H14O3. The number of aryl methyl sites for hydroxylation is 2. The van der Waals surface area contributed by atoms with Crippen LogP contribution in [0.3, 0.4) is 0 Å². The van der Waals surface area contributed by atoms with E-state index in [0.717, 1.165) is 17.1 Å². The number of aliphatic carboxylic acids is 1. The van der Waals surface area contributed by atoms with Gasteiger partial charge >= 0.3 is 5.97 Å². The van der Waals surface area contributed by atoms with Crippen LogP contribution >= 0.6 is 0 Å². The molecule has 0 spiro atoms. The van der Waals surface area contributed by atoms with E-state index in [4.69, 9.17) is 9.52 Å². The lowest BCUT2D eigenvalue weighted by Gasteiger charge is -2.03. The van der Waals surface area contributed by atoms with E-state index < -0.39 is 5.97 Å². The van der Waals surface area contributed by atoms with Crippen LogP contribution in [-0.2, 0) is 11.2 Å². The molecule has 0 saturated carbocycles. The van der Waals surface area contributed by atoms with Gasteiger partial charge in [-0.2, -0.15) is 0 Å². The molecule has 3 heteroatoms. The van der Waals surface area contributed by atoms with Crippen LogP contribution in [0.4, 0.5) is 0 Å². The molecule has 0 aliphatic heterocycles. The third kappa shape index (κ3) is 2.34. The van der Waals surface area contributed by atoms with Crippen molar-refractivity contribution in [1.82, 2.24) is 0 Å². The Kier molecular flexibility index (Phi) is 2.76. The lowest BCUT2D eigenvalue weighted by Crippen LogP contribution is -2.12. The van der Waals surface area contributed by atoms with Crippen LogP contribution in [0.25, 0.3) is 0 Å². The predicted octanol–water partition coefficient (Wildman–Crippen LogP) is 2.16. The lowest BCUT2D eigenvalue weighted by molar-refractivity contribution is -0.141. The SMILES string of the molecule is Cc1cc(CC(C)C(=O)O)c(C)o1. The lowest BCUT2D eigenvalue weighted by atomic mass is 10.0. The van der Waals surface area contributed by atoms with Gasteiger partial charge in [0.05, 0.1) is 5.92 Å². The van der Waals surface area contributed by atoms with Gasteiger partial charge in [0, 0.05) is 0 Å². The third-order valence-corrected chi connectivity index (χ3v) is 2.09. The molecule has 1 atom stereocenters. The van der Waals surface area contributed by atoms with Crippen molar-refractivity contribution in [3.63, 3.8) is 0 Å². The molecule has 3 nitrogen and oxygen atoms in total. The summed E-state index contributed by atoms with van der Waals surface area (Å²) in [7, 11) is 0. The van der Waals surface area contributed by atoms with Gasteiger partial charge in [0.25, 0.3) is 0 Å². The first-order valence-electron chi connectivity index (χ1n) is 4.29. The highest BCUT2D eigenvalue weighted by Gasteiger charge is 2.14. The summed E-state index contributed by atoms with van der Waals surface area (Å²) in [5.74, 6) is 0.546. The van der Waals surface area contributed by atoms with Crippen molar-refractivity contribution in [2.75, 3.05) is 0 Å². The Morgan fingerprint density at radius 3 is 2.62 bits per heavy atom. The summed E-state index contributed by atoms with van der Waals surface area (Å²) in [5.41, 5.74) is 0.993. The van der Waals surface area contributed by atoms with Crippen LogP contribution in [0.15, 0.2) is 10.5 Å². The van der Waals surface area contributed by atoms with Crippen molar-refractivity contribution >= 4 is 5.97 Å². The van der Waals surface area contributed by atoms with Crippen LogP contribution in [0.1, 0.15) is 24.0 Å². The maximum atomic E-state index is 10.6. The van der Waals surface area contributed by atoms with Crippen molar-refractivity contribution in [3.05, 3.63) is 23.2 Å². The van der Waals surface area contributed by atoms with Crippen LogP contribution in [-0.4, -0.2) is 11.1 Å². The molecule has 0 fully saturated rings. The van der Waals surface area contributed by atoms with Gasteiger partial charge in [0.1, 0.15) is 11.5 Å². The Bertz CT molecular complexity index is 312. The van der Waals surface area contributed by atoms with E-state index in [9.17, 15) is 4.79 Å². The fraction of sp³-hybridized carbons (Fsp3) is 0.500. The zero-order chi connectivity index (χ0) is 10.0. The number of carboxylic acids is 1. The molecule has 0 radical (unpaired) electrons. The quantitative estimate of drug-likeness (QED) is 0.779. The first-order valence-corrected chi connectivity index (χ1v) is 4.29. The summed E-state index contributed by atoms with van der Waals surface area (Å²) in [6.45, 7) is 5.42. The van der Waals surface area contributed by atoms with Gasteiger partial charge in [-0.05, 0) is 31.9 Å². The summed E-state index contributed by atoms with van der Waals surface area (Å²) in [5, 5.41) is 8.71. The van der Waals surface area contributed by atoms with Crippen LogP contribution in [0.5, 0.6) is 0 Å². The topological polar surface area (TPSA) is 50.4 Å². The number of carbonyl (C=O) groups is 1. The van der Waals surface area contributed by atoms with Gasteiger partial charge in [-0.15, -0.1) is 0 Å². The second-order valence-corrected chi connectivity index (χ2v) is 3.38. The van der Waals surface area contributed by atoms with Gasteiger partial charge in [-0.1, -0.05) is 6.92 Å². The zero-order valence-corrected chi connectivity index (χ0v) is 8.13. The molecule has 1 aromatic rings. The van der Waals surface area contributed by atoms with E-state index in [-0.39, 0.29) is 5.92 Å². The van der Waals surface area contributed by atoms with Crippen molar-refractivity contribution in [1.29, 1.82) is 0 Å². The minimum atomic E-state index is -0.766. The molecule has 13 heavy (non-hydrogen) atoms. The molecular weight excluding hydrogens is 168 g/mol. The Labute approximate surface area is 77.4 Å². The van der Waals surface area contributed by atoms with Crippen molar-refractivity contribution in [2.24, 2.45) is 5.92 Å². The summed E-state index contributed by atoms with van der Waals surface area (Å²) in [6.07, 6.45) is 0.540. The minimum Gasteiger partial charge on any atom is -0.481 e. The molecule has 1 N–H and O–H groups in total. The second-order valence-electron chi connectivity index (χ2n) is 3.38. The van der Waals surface area contributed by atoms with E-state index >= 15 is 0 Å². The largest absolute Gasteiger partial charge is 0.481 e. The number of hydrogen-bond acceptors (Lipinski definition) is 2. The Morgan fingerprint density at radius 2 is 2.23 bits per heavy atom. The zero-order valence-electron chi connectivity index (χ0n) is 8.13. The standard InChI is InChI=1S/C10H14O3/c1-6(10(11)12)4-9-5-7(2)13-8(9)3/h5-6H,4H2,1-3H3,(H,11,12). The van der Waals surface area contributed by atoms with Crippen LogP contribution < -0.4 is 0 Å². The average molecular weight is 182 g/mol. The third-order valence-electron chi connectivity index (χ3n) is 2.09. The molecule has 72 valence electrons. The molecule has 0 aliphatic carbocycles. The molecule has 0 saturated heterocycles. The molecule has 0 aliphatic rings. The maximum absolute atomic E-state index is 10.6. The summed E-state index contributed by atoms with van der Waals surface area (Å²) in [6, 6.07) is 1.90. The number of carboxylic acid groups (broad SMARTS) is 1. The summed E-state index contributed by atoms with van der Waals surface area (Å²) >= 11 is 0. The van der Waals surface area contributed by atoms with E-state index in [1.807, 2.05) is 19.9 Å². The fourth-order valence-corrected chi connectivity index (χ4v) is 1.30. The minimum absolute atomic E-state index is 0.351. The normalized spacial score (nSPS) is 12.8. The van der Waals surface area contributed by atoms with Gasteiger partial charge in [-0.3, -0.25) is 4.79 Å². The van der Waals surface area contributed by atoms with E-state index in [2.05, 4.69) is 0 Å². The molecule has 1 rings (SSSR count). The smallest absolute Gasteiger partial charge is 0.306 e. The number of furan rings is 1. The first kappa shape index (κ1) is 9.84. The highest BCUT2D eigenvalue weighted by molar-refractivity contribution is 5.69. The van der Waals surface area contributed by atoms with Gasteiger partial charge in [-0.25, -0.2) is 0 Å². The summed E-state index contributed by atoms with van der Waals surface area (Å²) < 4.78 is 5.30.